The Balaban J connectivity index is 1.71. The van der Waals surface area contributed by atoms with Crippen LogP contribution in [0.2, 0.25) is 0 Å². The van der Waals surface area contributed by atoms with Crippen LogP contribution in [0.25, 0.3) is 10.9 Å². The lowest BCUT2D eigenvalue weighted by molar-refractivity contribution is -0.121. The van der Waals surface area contributed by atoms with Crippen LogP contribution >= 0.6 is 0 Å². The lowest BCUT2D eigenvalue weighted by atomic mass is 10.00. The van der Waals surface area contributed by atoms with Gasteiger partial charge in [-0.05, 0) is 67.5 Å². The normalized spacial score (nSPS) is 18.4. The van der Waals surface area contributed by atoms with E-state index in [0.717, 1.165) is 52.5 Å². The first-order chi connectivity index (χ1) is 12.6. The third-order valence-corrected chi connectivity index (χ3v) is 5.10. The molecule has 0 saturated heterocycles. The van der Waals surface area contributed by atoms with Crippen LogP contribution in [0.5, 0.6) is 0 Å². The maximum Gasteiger partial charge on any atom is 0.224 e. The Labute approximate surface area is 152 Å². The van der Waals surface area contributed by atoms with Gasteiger partial charge in [-0.1, -0.05) is 24.3 Å². The van der Waals surface area contributed by atoms with E-state index in [1.54, 1.807) is 12.1 Å². The van der Waals surface area contributed by atoms with Gasteiger partial charge in [0.25, 0.3) is 0 Å². The van der Waals surface area contributed by atoms with Crippen LogP contribution in [-0.2, 0) is 30.5 Å². The molecule has 1 aromatic heterocycles. The SMILES string of the molecule is CC1Cc2cc(F)cc(c2)CCCc2[nH]c3ccccc3c2CC(=O)N1. The smallest absolute Gasteiger partial charge is 0.224 e. The molecular formula is C22H23FN2O. The van der Waals surface area contributed by atoms with Gasteiger partial charge in [0.15, 0.2) is 0 Å². The molecule has 134 valence electrons. The molecular weight excluding hydrogens is 327 g/mol. The van der Waals surface area contributed by atoms with Crippen molar-refractivity contribution in [3.8, 4) is 0 Å². The van der Waals surface area contributed by atoms with Crippen LogP contribution < -0.4 is 5.32 Å². The van der Waals surface area contributed by atoms with E-state index in [-0.39, 0.29) is 17.8 Å². The Morgan fingerprint density at radius 3 is 2.77 bits per heavy atom. The average molecular weight is 350 g/mol. The molecule has 1 aliphatic rings. The van der Waals surface area contributed by atoms with Gasteiger partial charge in [0.05, 0.1) is 6.42 Å². The van der Waals surface area contributed by atoms with E-state index >= 15 is 0 Å². The van der Waals surface area contributed by atoms with E-state index in [2.05, 4.69) is 22.4 Å². The molecule has 2 N–H and O–H groups in total. The summed E-state index contributed by atoms with van der Waals surface area (Å²) >= 11 is 0. The van der Waals surface area contributed by atoms with Crippen LogP contribution in [0.3, 0.4) is 0 Å². The predicted octanol–water partition coefficient (Wildman–Crippen LogP) is 4.09. The number of halogens is 1. The van der Waals surface area contributed by atoms with Crippen LogP contribution in [-0.4, -0.2) is 16.9 Å². The minimum absolute atomic E-state index is 0.0133. The van der Waals surface area contributed by atoms with E-state index in [0.29, 0.717) is 12.8 Å². The number of aromatic nitrogens is 1. The van der Waals surface area contributed by atoms with E-state index < -0.39 is 0 Å². The molecule has 1 atom stereocenters. The van der Waals surface area contributed by atoms with Crippen LogP contribution in [0.1, 0.15) is 35.7 Å². The van der Waals surface area contributed by atoms with E-state index in [4.69, 9.17) is 0 Å². The fourth-order valence-corrected chi connectivity index (χ4v) is 4.01. The highest BCUT2D eigenvalue weighted by molar-refractivity contribution is 5.90. The maximum absolute atomic E-state index is 13.9. The Morgan fingerprint density at radius 1 is 1.08 bits per heavy atom. The number of hydrogen-bond acceptors (Lipinski definition) is 1. The van der Waals surface area contributed by atoms with Crippen LogP contribution in [0, 0.1) is 5.82 Å². The average Bonchev–Trinajstić information content (AvgIpc) is 2.91. The maximum atomic E-state index is 13.9. The molecule has 1 unspecified atom stereocenters. The molecule has 2 aromatic carbocycles. The molecule has 26 heavy (non-hydrogen) atoms. The van der Waals surface area contributed by atoms with E-state index in [9.17, 15) is 9.18 Å². The number of aryl methyl sites for hydroxylation is 2. The third kappa shape index (κ3) is 3.50. The molecule has 2 heterocycles. The molecule has 3 aromatic rings. The number of carbonyl (C=O) groups excluding carboxylic acids is 1. The number of rotatable bonds is 0. The number of para-hydroxylation sites is 1. The second-order valence-corrected chi connectivity index (χ2v) is 7.30. The third-order valence-electron chi connectivity index (χ3n) is 5.10. The summed E-state index contributed by atoms with van der Waals surface area (Å²) in [5.74, 6) is -0.184. The largest absolute Gasteiger partial charge is 0.358 e. The number of amides is 1. The van der Waals surface area contributed by atoms with Crippen LogP contribution in [0.15, 0.2) is 42.5 Å². The molecule has 0 saturated carbocycles. The van der Waals surface area contributed by atoms with Crippen molar-refractivity contribution < 1.29 is 9.18 Å². The van der Waals surface area contributed by atoms with Gasteiger partial charge in [-0.3, -0.25) is 4.79 Å². The molecule has 2 bridgehead atoms. The number of aromatic amines is 1. The Bertz CT molecular complexity index is 960. The number of nitrogens with one attached hydrogen (secondary N) is 2. The summed E-state index contributed by atoms with van der Waals surface area (Å²) in [5, 5.41) is 4.18. The second-order valence-electron chi connectivity index (χ2n) is 7.30. The summed E-state index contributed by atoms with van der Waals surface area (Å²) in [7, 11) is 0. The van der Waals surface area contributed by atoms with Crippen molar-refractivity contribution in [2.75, 3.05) is 0 Å². The zero-order chi connectivity index (χ0) is 18.1. The quantitative estimate of drug-likeness (QED) is 0.630. The molecule has 3 nitrogen and oxygen atoms in total. The van der Waals surface area contributed by atoms with Crippen molar-refractivity contribution in [2.24, 2.45) is 0 Å². The summed E-state index contributed by atoms with van der Waals surface area (Å²) in [5.41, 5.74) is 5.23. The van der Waals surface area contributed by atoms with Crippen LogP contribution in [0.4, 0.5) is 4.39 Å². The zero-order valence-electron chi connectivity index (χ0n) is 14.9. The van der Waals surface area contributed by atoms with Gasteiger partial charge in [0.1, 0.15) is 5.82 Å². The first kappa shape index (κ1) is 16.8. The predicted molar refractivity (Wildman–Crippen MR) is 102 cm³/mol. The standard InChI is InChI=1S/C22H23FN2O/c1-14-9-16-10-15(11-17(23)12-16)5-4-8-21-19(13-22(26)24-14)18-6-2-3-7-20(18)25-21/h2-3,6-7,10-12,14,25H,4-5,8-9,13H2,1H3,(H,24,26). The first-order valence-corrected chi connectivity index (χ1v) is 9.24. The second kappa shape index (κ2) is 6.94. The summed E-state index contributed by atoms with van der Waals surface area (Å²) in [6.07, 6.45) is 3.60. The molecule has 0 fully saturated rings. The highest BCUT2D eigenvalue weighted by Gasteiger charge is 2.17. The van der Waals surface area contributed by atoms with Crippen molar-refractivity contribution in [1.82, 2.24) is 10.3 Å². The Morgan fingerprint density at radius 2 is 1.88 bits per heavy atom. The summed E-state index contributed by atoms with van der Waals surface area (Å²) < 4.78 is 13.9. The highest BCUT2D eigenvalue weighted by Crippen LogP contribution is 2.25. The van der Waals surface area contributed by atoms with Gasteiger partial charge < -0.3 is 10.3 Å². The highest BCUT2D eigenvalue weighted by atomic mass is 19.1. The van der Waals surface area contributed by atoms with Crippen molar-refractivity contribution in [2.45, 2.75) is 45.1 Å². The fraction of sp³-hybridized carbons (Fsp3) is 0.318. The van der Waals surface area contributed by atoms with Gasteiger partial charge in [0, 0.05) is 22.6 Å². The van der Waals surface area contributed by atoms with Gasteiger partial charge in [-0.2, -0.15) is 0 Å². The first-order valence-electron chi connectivity index (χ1n) is 9.24. The van der Waals surface area contributed by atoms with Gasteiger partial charge in [-0.25, -0.2) is 4.39 Å². The number of benzene rings is 2. The topological polar surface area (TPSA) is 44.9 Å². The summed E-state index contributed by atoms with van der Waals surface area (Å²) in [6, 6.07) is 13.3. The number of hydrogen-bond donors (Lipinski definition) is 2. The van der Waals surface area contributed by atoms with Gasteiger partial charge in [0.2, 0.25) is 5.91 Å². The minimum Gasteiger partial charge on any atom is -0.358 e. The Kier molecular flexibility index (Phi) is 4.49. The van der Waals surface area contributed by atoms with Crippen molar-refractivity contribution in [3.05, 3.63) is 70.7 Å². The molecule has 4 heteroatoms. The number of carbonyl (C=O) groups is 1. The monoisotopic (exact) mass is 350 g/mol. The zero-order valence-corrected chi connectivity index (χ0v) is 14.9. The molecule has 0 radical (unpaired) electrons. The van der Waals surface area contributed by atoms with Crippen molar-refractivity contribution in [1.29, 1.82) is 0 Å². The fourth-order valence-electron chi connectivity index (χ4n) is 4.01. The molecule has 0 aliphatic carbocycles. The van der Waals surface area contributed by atoms with Crippen molar-refractivity contribution in [3.63, 3.8) is 0 Å². The van der Waals surface area contributed by atoms with Gasteiger partial charge >= 0.3 is 0 Å². The number of H-pyrrole nitrogens is 1. The minimum atomic E-state index is -0.197. The molecule has 1 amide bonds. The Hall–Kier alpha value is -2.62. The number of fused-ring (bicyclic) bond motifs is 5. The van der Waals surface area contributed by atoms with Crippen molar-refractivity contribution >= 4 is 16.8 Å². The van der Waals surface area contributed by atoms with Gasteiger partial charge in [-0.15, -0.1) is 0 Å². The van der Waals surface area contributed by atoms with E-state index in [1.807, 2.05) is 25.1 Å². The molecule has 1 aliphatic heterocycles. The molecule has 0 spiro atoms. The van der Waals surface area contributed by atoms with E-state index in [1.165, 1.54) is 0 Å². The summed E-state index contributed by atoms with van der Waals surface area (Å²) in [4.78, 5) is 16.1. The summed E-state index contributed by atoms with van der Waals surface area (Å²) in [6.45, 7) is 1.97. The lowest BCUT2D eigenvalue weighted by Gasteiger charge is -2.15. The molecule has 4 rings (SSSR count). The lowest BCUT2D eigenvalue weighted by Crippen LogP contribution is -2.35.